The lowest BCUT2D eigenvalue weighted by Gasteiger charge is -2.21. The lowest BCUT2D eigenvalue weighted by Crippen LogP contribution is -2.54. The number of aromatic amines is 1. The second-order valence-electron chi connectivity index (χ2n) is 8.97. The molecule has 0 bridgehead atoms. The molecule has 1 aromatic carbocycles. The van der Waals surface area contributed by atoms with Gasteiger partial charge in [0.05, 0.1) is 12.6 Å². The van der Waals surface area contributed by atoms with Crippen molar-refractivity contribution < 1.29 is 34.2 Å². The van der Waals surface area contributed by atoms with E-state index in [1.54, 1.807) is 12.3 Å². The first-order chi connectivity index (χ1) is 17.0. The highest BCUT2D eigenvalue weighted by Crippen LogP contribution is 2.19. The molecule has 0 aliphatic rings. The van der Waals surface area contributed by atoms with Crippen LogP contribution in [0.1, 0.15) is 38.7 Å². The fraction of sp³-hybridized carbons (Fsp3) is 0.458. The largest absolute Gasteiger partial charge is 0.481 e. The number of carboxylic acid groups (broad SMARTS) is 2. The number of carbonyl (C=O) groups is 5. The monoisotopic (exact) mass is 503 g/mol. The van der Waals surface area contributed by atoms with Gasteiger partial charge in [0.15, 0.2) is 0 Å². The van der Waals surface area contributed by atoms with Crippen molar-refractivity contribution in [3.63, 3.8) is 0 Å². The van der Waals surface area contributed by atoms with Crippen molar-refractivity contribution in [1.29, 1.82) is 0 Å². The van der Waals surface area contributed by atoms with E-state index in [1.165, 1.54) is 0 Å². The Morgan fingerprint density at radius 2 is 1.69 bits per heavy atom. The number of hydrogen-bond donors (Lipinski definition) is 7. The number of amides is 3. The van der Waals surface area contributed by atoms with E-state index in [4.69, 9.17) is 10.8 Å². The van der Waals surface area contributed by atoms with Gasteiger partial charge in [0.1, 0.15) is 12.1 Å². The van der Waals surface area contributed by atoms with E-state index in [1.807, 2.05) is 32.0 Å². The highest BCUT2D eigenvalue weighted by molar-refractivity contribution is 5.93. The van der Waals surface area contributed by atoms with Gasteiger partial charge in [0.25, 0.3) is 0 Å². The Balaban J connectivity index is 2.04. The number of benzene rings is 1. The van der Waals surface area contributed by atoms with Crippen LogP contribution >= 0.6 is 0 Å². The van der Waals surface area contributed by atoms with Crippen LogP contribution in [-0.2, 0) is 30.4 Å². The number of hydrogen-bond acceptors (Lipinski definition) is 6. The fourth-order valence-corrected chi connectivity index (χ4v) is 3.69. The van der Waals surface area contributed by atoms with E-state index in [0.717, 1.165) is 10.9 Å². The van der Waals surface area contributed by atoms with Gasteiger partial charge in [-0.1, -0.05) is 32.0 Å². The van der Waals surface area contributed by atoms with Crippen molar-refractivity contribution in [2.75, 3.05) is 6.54 Å². The third-order valence-electron chi connectivity index (χ3n) is 5.50. The van der Waals surface area contributed by atoms with Crippen molar-refractivity contribution in [3.05, 3.63) is 36.0 Å². The summed E-state index contributed by atoms with van der Waals surface area (Å²) >= 11 is 0. The molecule has 3 atom stereocenters. The fourth-order valence-electron chi connectivity index (χ4n) is 3.69. The van der Waals surface area contributed by atoms with Gasteiger partial charge < -0.3 is 36.9 Å². The molecule has 0 fully saturated rings. The maximum atomic E-state index is 12.9. The number of aromatic nitrogens is 1. The van der Waals surface area contributed by atoms with Crippen LogP contribution in [0.5, 0.6) is 0 Å². The van der Waals surface area contributed by atoms with Crippen LogP contribution in [0.4, 0.5) is 0 Å². The van der Waals surface area contributed by atoms with Gasteiger partial charge in [-0.15, -0.1) is 0 Å². The SMILES string of the molecule is CC(C)CC(N)C(=O)NCC(=O)NC(CCC(=O)O)C(=O)NC(Cc1c[nH]c2ccccc12)C(=O)O. The molecule has 0 saturated carbocycles. The number of fused-ring (bicyclic) bond motifs is 1. The van der Waals surface area contributed by atoms with Crippen LogP contribution in [0.25, 0.3) is 10.9 Å². The highest BCUT2D eigenvalue weighted by Gasteiger charge is 2.28. The molecule has 8 N–H and O–H groups in total. The van der Waals surface area contributed by atoms with E-state index in [-0.39, 0.29) is 18.8 Å². The minimum absolute atomic E-state index is 0.0333. The van der Waals surface area contributed by atoms with Crippen molar-refractivity contribution in [2.24, 2.45) is 11.7 Å². The Bertz CT molecular complexity index is 1100. The Morgan fingerprint density at radius 3 is 2.33 bits per heavy atom. The van der Waals surface area contributed by atoms with E-state index in [9.17, 15) is 29.1 Å². The predicted molar refractivity (Wildman–Crippen MR) is 131 cm³/mol. The van der Waals surface area contributed by atoms with E-state index >= 15 is 0 Å². The molecule has 1 aromatic heterocycles. The minimum Gasteiger partial charge on any atom is -0.481 e. The first-order valence-corrected chi connectivity index (χ1v) is 11.6. The quantitative estimate of drug-likeness (QED) is 0.188. The molecule has 0 saturated heterocycles. The number of H-pyrrole nitrogens is 1. The Morgan fingerprint density at radius 1 is 1.00 bits per heavy atom. The zero-order valence-corrected chi connectivity index (χ0v) is 20.2. The molecule has 3 amide bonds. The van der Waals surface area contributed by atoms with E-state index in [0.29, 0.717) is 12.0 Å². The number of nitrogens with two attached hydrogens (primary N) is 1. The number of carbonyl (C=O) groups excluding carboxylic acids is 3. The van der Waals surface area contributed by atoms with Crippen molar-refractivity contribution in [1.82, 2.24) is 20.9 Å². The summed E-state index contributed by atoms with van der Waals surface area (Å²) in [5.41, 5.74) is 7.26. The predicted octanol–water partition coefficient (Wildman–Crippen LogP) is 0.119. The molecule has 196 valence electrons. The average Bonchev–Trinajstić information content (AvgIpc) is 3.21. The molecule has 36 heavy (non-hydrogen) atoms. The summed E-state index contributed by atoms with van der Waals surface area (Å²) in [6.45, 7) is 3.32. The second kappa shape index (κ2) is 13.2. The summed E-state index contributed by atoms with van der Waals surface area (Å²) in [6.07, 6.45) is 1.33. The van der Waals surface area contributed by atoms with Crippen LogP contribution < -0.4 is 21.7 Å². The molecule has 2 rings (SSSR count). The molecule has 1 heterocycles. The van der Waals surface area contributed by atoms with Crippen molar-refractivity contribution >= 4 is 40.6 Å². The van der Waals surface area contributed by atoms with E-state index in [2.05, 4.69) is 20.9 Å². The van der Waals surface area contributed by atoms with Gasteiger partial charge in [-0.3, -0.25) is 19.2 Å². The van der Waals surface area contributed by atoms with Gasteiger partial charge in [-0.05, 0) is 30.4 Å². The van der Waals surface area contributed by atoms with Crippen LogP contribution in [-0.4, -0.2) is 69.5 Å². The Kier molecular flexibility index (Phi) is 10.4. The van der Waals surface area contributed by atoms with Gasteiger partial charge in [-0.25, -0.2) is 4.79 Å². The minimum atomic E-state index is -1.32. The smallest absolute Gasteiger partial charge is 0.326 e. The molecular formula is C24H33N5O7. The summed E-state index contributed by atoms with van der Waals surface area (Å²) in [5.74, 6) is -4.43. The molecule has 0 radical (unpaired) electrons. The first kappa shape index (κ1) is 28.3. The van der Waals surface area contributed by atoms with Crippen LogP contribution in [0, 0.1) is 5.92 Å². The van der Waals surface area contributed by atoms with E-state index < -0.39 is 60.8 Å². The number of carboxylic acids is 2. The molecule has 12 nitrogen and oxygen atoms in total. The number of nitrogens with one attached hydrogen (secondary N) is 4. The van der Waals surface area contributed by atoms with Gasteiger partial charge in [0, 0.05) is 29.9 Å². The maximum absolute atomic E-state index is 12.9. The number of rotatable bonds is 14. The third kappa shape index (κ3) is 8.69. The van der Waals surface area contributed by atoms with Crippen LogP contribution in [0.15, 0.2) is 30.5 Å². The Labute approximate surface area is 208 Å². The van der Waals surface area contributed by atoms with Gasteiger partial charge >= 0.3 is 11.9 Å². The molecular weight excluding hydrogens is 470 g/mol. The van der Waals surface area contributed by atoms with Crippen LogP contribution in [0.2, 0.25) is 0 Å². The molecule has 2 aromatic rings. The summed E-state index contributed by atoms with van der Waals surface area (Å²) < 4.78 is 0. The summed E-state index contributed by atoms with van der Waals surface area (Å²) in [7, 11) is 0. The normalized spacial score (nSPS) is 13.6. The standard InChI is InChI=1S/C24H33N5O7/c1-13(2)9-16(25)22(33)27-12-20(30)28-18(7-8-21(31)32)23(34)29-19(24(35)36)10-14-11-26-17-6-4-3-5-15(14)17/h3-6,11,13,16,18-19,26H,7-10,12,25H2,1-2H3,(H,27,33)(H,28,30)(H,29,34)(H,31,32)(H,35,36). The zero-order chi connectivity index (χ0) is 26.8. The second-order valence-corrected chi connectivity index (χ2v) is 8.97. The number of aliphatic carboxylic acids is 2. The Hall–Kier alpha value is -3.93. The number of para-hydroxylation sites is 1. The molecule has 0 spiro atoms. The van der Waals surface area contributed by atoms with Crippen LogP contribution in [0.3, 0.4) is 0 Å². The molecule has 0 aliphatic heterocycles. The van der Waals surface area contributed by atoms with Crippen molar-refractivity contribution in [3.8, 4) is 0 Å². The first-order valence-electron chi connectivity index (χ1n) is 11.6. The molecule has 12 heteroatoms. The average molecular weight is 504 g/mol. The summed E-state index contributed by atoms with van der Waals surface area (Å²) in [4.78, 5) is 63.2. The summed E-state index contributed by atoms with van der Waals surface area (Å²) in [5, 5.41) is 26.6. The lowest BCUT2D eigenvalue weighted by atomic mass is 10.0. The molecule has 3 unspecified atom stereocenters. The lowest BCUT2D eigenvalue weighted by molar-refractivity contribution is -0.143. The van der Waals surface area contributed by atoms with Crippen molar-refractivity contribution in [2.45, 2.75) is 57.7 Å². The topological polar surface area (TPSA) is 204 Å². The maximum Gasteiger partial charge on any atom is 0.326 e. The third-order valence-corrected chi connectivity index (χ3v) is 5.50. The van der Waals surface area contributed by atoms with Gasteiger partial charge in [0.2, 0.25) is 17.7 Å². The zero-order valence-electron chi connectivity index (χ0n) is 20.2. The van der Waals surface area contributed by atoms with Gasteiger partial charge in [-0.2, -0.15) is 0 Å². The summed E-state index contributed by atoms with van der Waals surface area (Å²) in [6, 6.07) is 3.84. The highest BCUT2D eigenvalue weighted by atomic mass is 16.4. The molecule has 0 aliphatic carbocycles.